The van der Waals surface area contributed by atoms with Crippen molar-refractivity contribution >= 4 is 5.78 Å². The highest BCUT2D eigenvalue weighted by Crippen LogP contribution is 2.21. The lowest BCUT2D eigenvalue weighted by Crippen LogP contribution is -2.22. The molecule has 1 rings (SSSR count). The van der Waals surface area contributed by atoms with Crippen LogP contribution >= 0.6 is 0 Å². The van der Waals surface area contributed by atoms with Gasteiger partial charge in [-0.25, -0.2) is 0 Å². The molecule has 1 aromatic heterocycles. The zero-order valence-corrected chi connectivity index (χ0v) is 7.34. The van der Waals surface area contributed by atoms with Gasteiger partial charge in [0, 0.05) is 25.1 Å². The number of rotatable bonds is 3. The largest absolute Gasteiger partial charge is 0.454 e. The summed E-state index contributed by atoms with van der Waals surface area (Å²) in [5.41, 5.74) is -0.380. The second-order valence-electron chi connectivity index (χ2n) is 2.66. The molecule has 78 valence electrons. The monoisotopic (exact) mass is 207 g/mol. The lowest BCUT2D eigenvalue weighted by Gasteiger charge is -2.02. The Morgan fingerprint density at radius 2 is 2.21 bits per heavy atom. The standard InChI is InChI=1S/C8H8F3NO2/c1-14-5-12-3-2-6(4-12)7(13)8(9,10)11/h2-4H,5H2,1H3. The molecule has 3 nitrogen and oxygen atoms in total. The van der Waals surface area contributed by atoms with E-state index < -0.39 is 12.0 Å². The Hall–Kier alpha value is -1.30. The average molecular weight is 207 g/mol. The Morgan fingerprint density at radius 1 is 1.57 bits per heavy atom. The SMILES string of the molecule is COCn1ccc(C(=O)C(F)(F)F)c1. The number of methoxy groups -OCH3 is 1. The highest BCUT2D eigenvalue weighted by Gasteiger charge is 2.39. The van der Waals surface area contributed by atoms with Crippen molar-refractivity contribution in [2.75, 3.05) is 7.11 Å². The molecule has 0 atom stereocenters. The predicted molar refractivity (Wildman–Crippen MR) is 41.8 cm³/mol. The molecule has 0 saturated heterocycles. The van der Waals surface area contributed by atoms with Crippen molar-refractivity contribution in [1.29, 1.82) is 0 Å². The molecule has 0 spiro atoms. The van der Waals surface area contributed by atoms with Crippen molar-refractivity contribution in [3.8, 4) is 0 Å². The van der Waals surface area contributed by atoms with E-state index in [1.165, 1.54) is 17.9 Å². The van der Waals surface area contributed by atoms with Crippen LogP contribution in [0.25, 0.3) is 0 Å². The number of ether oxygens (including phenoxy) is 1. The first-order chi connectivity index (χ1) is 6.45. The van der Waals surface area contributed by atoms with Gasteiger partial charge in [0.25, 0.3) is 5.78 Å². The van der Waals surface area contributed by atoms with Gasteiger partial charge in [-0.3, -0.25) is 4.79 Å². The van der Waals surface area contributed by atoms with Gasteiger partial charge in [-0.2, -0.15) is 13.2 Å². The first-order valence-electron chi connectivity index (χ1n) is 3.71. The van der Waals surface area contributed by atoms with Crippen LogP contribution in [0.1, 0.15) is 10.4 Å². The Balaban J connectivity index is 2.82. The fraction of sp³-hybridized carbons (Fsp3) is 0.375. The zero-order valence-electron chi connectivity index (χ0n) is 7.34. The van der Waals surface area contributed by atoms with E-state index in [2.05, 4.69) is 4.74 Å². The van der Waals surface area contributed by atoms with Gasteiger partial charge in [-0.1, -0.05) is 0 Å². The number of halogens is 3. The minimum Gasteiger partial charge on any atom is -0.364 e. The second-order valence-corrected chi connectivity index (χ2v) is 2.66. The van der Waals surface area contributed by atoms with Gasteiger partial charge >= 0.3 is 6.18 Å². The van der Waals surface area contributed by atoms with E-state index in [0.717, 1.165) is 12.3 Å². The molecule has 0 aliphatic heterocycles. The normalized spacial score (nSPS) is 11.7. The number of nitrogens with zero attached hydrogens (tertiary/aromatic N) is 1. The molecule has 0 aliphatic carbocycles. The van der Waals surface area contributed by atoms with Crippen LogP contribution in [0.15, 0.2) is 18.5 Å². The van der Waals surface area contributed by atoms with Crippen LogP contribution in [0, 0.1) is 0 Å². The molecule has 6 heteroatoms. The number of alkyl halides is 3. The van der Waals surface area contributed by atoms with Crippen LogP contribution in [0.3, 0.4) is 0 Å². The van der Waals surface area contributed by atoms with Crippen molar-refractivity contribution in [2.45, 2.75) is 12.9 Å². The maximum atomic E-state index is 11.9. The number of Topliss-reactive ketones (excluding diaryl/α,β-unsaturated/α-hetero) is 1. The summed E-state index contributed by atoms with van der Waals surface area (Å²) in [6, 6.07) is 1.11. The van der Waals surface area contributed by atoms with Crippen LogP contribution in [0.4, 0.5) is 13.2 Å². The fourth-order valence-electron chi connectivity index (χ4n) is 0.968. The van der Waals surface area contributed by atoms with Crippen molar-refractivity contribution in [1.82, 2.24) is 4.57 Å². The number of hydrogen-bond donors (Lipinski definition) is 0. The molecule has 0 saturated carbocycles. The van der Waals surface area contributed by atoms with Gasteiger partial charge in [-0.05, 0) is 6.07 Å². The van der Waals surface area contributed by atoms with Crippen LogP contribution in [-0.4, -0.2) is 23.6 Å². The fourth-order valence-corrected chi connectivity index (χ4v) is 0.968. The van der Waals surface area contributed by atoms with E-state index >= 15 is 0 Å². The Labute approximate surface area is 78.1 Å². The first-order valence-corrected chi connectivity index (χ1v) is 3.71. The van der Waals surface area contributed by atoms with E-state index in [9.17, 15) is 18.0 Å². The highest BCUT2D eigenvalue weighted by atomic mass is 19.4. The molecule has 14 heavy (non-hydrogen) atoms. The second kappa shape index (κ2) is 3.83. The molecule has 0 aromatic carbocycles. The summed E-state index contributed by atoms with van der Waals surface area (Å²) in [7, 11) is 1.41. The molecular weight excluding hydrogens is 199 g/mol. The summed E-state index contributed by atoms with van der Waals surface area (Å²) in [5, 5.41) is 0. The number of aromatic nitrogens is 1. The topological polar surface area (TPSA) is 31.2 Å². The predicted octanol–water partition coefficient (Wildman–Crippen LogP) is 1.84. The van der Waals surface area contributed by atoms with E-state index in [1.807, 2.05) is 0 Å². The third-order valence-electron chi connectivity index (χ3n) is 1.55. The van der Waals surface area contributed by atoms with Gasteiger partial charge in [0.15, 0.2) is 0 Å². The molecule has 1 heterocycles. The van der Waals surface area contributed by atoms with Crippen LogP contribution in [0.5, 0.6) is 0 Å². The summed E-state index contributed by atoms with van der Waals surface area (Å²) in [6.45, 7) is 0.116. The maximum absolute atomic E-state index is 11.9. The number of carbonyl (C=O) groups excluding carboxylic acids is 1. The van der Waals surface area contributed by atoms with Crippen LogP contribution < -0.4 is 0 Å². The van der Waals surface area contributed by atoms with E-state index in [1.54, 1.807) is 0 Å². The molecule has 0 N–H and O–H groups in total. The van der Waals surface area contributed by atoms with Crippen molar-refractivity contribution in [3.05, 3.63) is 24.0 Å². The molecule has 0 fully saturated rings. The van der Waals surface area contributed by atoms with Crippen LogP contribution in [-0.2, 0) is 11.5 Å². The first kappa shape index (κ1) is 10.8. The summed E-state index contributed by atoms with van der Waals surface area (Å²) >= 11 is 0. The molecule has 0 amide bonds. The number of hydrogen-bond acceptors (Lipinski definition) is 2. The average Bonchev–Trinajstić information content (AvgIpc) is 2.50. The molecule has 0 unspecified atom stereocenters. The van der Waals surface area contributed by atoms with Crippen LogP contribution in [0.2, 0.25) is 0 Å². The quantitative estimate of drug-likeness (QED) is 0.708. The smallest absolute Gasteiger partial charge is 0.364 e. The third kappa shape index (κ3) is 2.35. The van der Waals surface area contributed by atoms with Gasteiger partial charge < -0.3 is 9.30 Å². The summed E-state index contributed by atoms with van der Waals surface area (Å²) in [5.74, 6) is -1.84. The summed E-state index contributed by atoms with van der Waals surface area (Å²) in [6.07, 6.45) is -2.37. The Morgan fingerprint density at radius 3 is 2.71 bits per heavy atom. The third-order valence-corrected chi connectivity index (χ3v) is 1.55. The zero-order chi connectivity index (χ0) is 10.8. The van der Waals surface area contributed by atoms with E-state index in [0.29, 0.717) is 0 Å². The molecule has 0 aliphatic rings. The van der Waals surface area contributed by atoms with Crippen molar-refractivity contribution in [3.63, 3.8) is 0 Å². The van der Waals surface area contributed by atoms with Gasteiger partial charge in [0.2, 0.25) is 0 Å². The van der Waals surface area contributed by atoms with Gasteiger partial charge in [0.05, 0.1) is 0 Å². The lowest BCUT2D eigenvalue weighted by atomic mass is 10.2. The van der Waals surface area contributed by atoms with E-state index in [4.69, 9.17) is 0 Å². The molecule has 1 aromatic rings. The molecule has 0 bridgehead atoms. The van der Waals surface area contributed by atoms with Gasteiger partial charge in [-0.15, -0.1) is 0 Å². The summed E-state index contributed by atoms with van der Waals surface area (Å²) < 4.78 is 41.8. The Bertz CT molecular complexity index is 330. The minimum absolute atomic E-state index is 0.116. The van der Waals surface area contributed by atoms with Gasteiger partial charge in [0.1, 0.15) is 6.73 Å². The summed E-state index contributed by atoms with van der Waals surface area (Å²) in [4.78, 5) is 10.7. The van der Waals surface area contributed by atoms with Crippen molar-refractivity contribution in [2.24, 2.45) is 0 Å². The minimum atomic E-state index is -4.82. The lowest BCUT2D eigenvalue weighted by molar-refractivity contribution is -0.0885. The van der Waals surface area contributed by atoms with Crippen molar-refractivity contribution < 1.29 is 22.7 Å². The molecule has 0 radical (unpaired) electrons. The number of carbonyl (C=O) groups is 1. The number of ketones is 1. The highest BCUT2D eigenvalue weighted by molar-refractivity contribution is 6.00. The maximum Gasteiger partial charge on any atom is 0.454 e. The molecular formula is C8H8F3NO2. The Kier molecular flexibility index (Phi) is 2.95. The van der Waals surface area contributed by atoms with E-state index in [-0.39, 0.29) is 12.3 Å².